The minimum atomic E-state index is -0.287. The molecule has 2 rings (SSSR count). The summed E-state index contributed by atoms with van der Waals surface area (Å²) < 4.78 is 12.7. The summed E-state index contributed by atoms with van der Waals surface area (Å²) in [7, 11) is 0. The van der Waals surface area contributed by atoms with Crippen LogP contribution in [0.5, 0.6) is 0 Å². The van der Waals surface area contributed by atoms with E-state index < -0.39 is 0 Å². The van der Waals surface area contributed by atoms with E-state index in [-0.39, 0.29) is 5.82 Å². The Bertz CT molecular complexity index is 547. The van der Waals surface area contributed by atoms with Gasteiger partial charge in [0.2, 0.25) is 0 Å². The quantitative estimate of drug-likeness (QED) is 0.665. The van der Waals surface area contributed by atoms with Gasteiger partial charge in [-0.2, -0.15) is 0 Å². The number of nitrogens with zero attached hydrogens (tertiary/aromatic N) is 1. The number of benzene rings is 2. The summed E-state index contributed by atoms with van der Waals surface area (Å²) in [6, 6.07) is 13.3. The van der Waals surface area contributed by atoms with E-state index in [0.717, 1.165) is 5.56 Å². The summed E-state index contributed by atoms with van der Waals surface area (Å²) in [5.74, 6) is 0.189. The van der Waals surface area contributed by atoms with E-state index in [1.165, 1.54) is 12.1 Å². The molecule has 0 radical (unpaired) electrons. The van der Waals surface area contributed by atoms with Crippen LogP contribution in [0.4, 0.5) is 10.1 Å². The zero-order valence-corrected chi connectivity index (χ0v) is 10.4. The van der Waals surface area contributed by atoms with Crippen LogP contribution in [0, 0.1) is 5.82 Å². The molecule has 0 fully saturated rings. The van der Waals surface area contributed by atoms with Crippen molar-refractivity contribution in [2.45, 2.75) is 6.42 Å². The molecule has 18 heavy (non-hydrogen) atoms. The standard InChI is InChI=1S/C14H12ClFN2/c15-11-3-1-10(2-4-11)9-14(17)18-13-7-5-12(16)6-8-13/h1-8H,9H2,(H2,17,18). The fraction of sp³-hybridized carbons (Fsp3) is 0.0714. The van der Waals surface area contributed by atoms with E-state index in [4.69, 9.17) is 17.3 Å². The third-order valence-electron chi connectivity index (χ3n) is 2.40. The lowest BCUT2D eigenvalue weighted by Gasteiger charge is -2.02. The van der Waals surface area contributed by atoms with Gasteiger partial charge in [-0.25, -0.2) is 9.38 Å². The Labute approximate surface area is 110 Å². The molecule has 92 valence electrons. The summed E-state index contributed by atoms with van der Waals surface area (Å²) >= 11 is 5.80. The minimum Gasteiger partial charge on any atom is -0.387 e. The van der Waals surface area contributed by atoms with Crippen LogP contribution in [0.1, 0.15) is 5.56 Å². The topological polar surface area (TPSA) is 38.4 Å². The van der Waals surface area contributed by atoms with Gasteiger partial charge in [0.1, 0.15) is 11.7 Å². The van der Waals surface area contributed by atoms with Crippen LogP contribution in [-0.2, 0) is 6.42 Å². The fourth-order valence-electron chi connectivity index (χ4n) is 1.53. The third-order valence-corrected chi connectivity index (χ3v) is 2.65. The van der Waals surface area contributed by atoms with E-state index in [2.05, 4.69) is 4.99 Å². The lowest BCUT2D eigenvalue weighted by molar-refractivity contribution is 0.628. The second-order valence-corrected chi connectivity index (χ2v) is 4.32. The highest BCUT2D eigenvalue weighted by Crippen LogP contribution is 2.14. The maximum atomic E-state index is 12.7. The number of aliphatic imine (C=N–C) groups is 1. The zero-order chi connectivity index (χ0) is 13.0. The summed E-state index contributed by atoms with van der Waals surface area (Å²) in [5.41, 5.74) is 7.51. The van der Waals surface area contributed by atoms with Gasteiger partial charge in [-0.05, 0) is 42.0 Å². The first-order valence-corrected chi connectivity index (χ1v) is 5.84. The van der Waals surface area contributed by atoms with Gasteiger partial charge in [0.25, 0.3) is 0 Å². The maximum Gasteiger partial charge on any atom is 0.123 e. The average Bonchev–Trinajstić information content (AvgIpc) is 2.35. The molecular weight excluding hydrogens is 251 g/mol. The van der Waals surface area contributed by atoms with Crippen LogP contribution in [0.15, 0.2) is 53.5 Å². The SMILES string of the molecule is NC(Cc1ccc(Cl)cc1)=Nc1ccc(F)cc1. The molecule has 0 aliphatic rings. The van der Waals surface area contributed by atoms with Gasteiger partial charge in [-0.15, -0.1) is 0 Å². The van der Waals surface area contributed by atoms with Crippen molar-refractivity contribution in [2.24, 2.45) is 10.7 Å². The van der Waals surface area contributed by atoms with Crippen LogP contribution in [-0.4, -0.2) is 5.84 Å². The Morgan fingerprint density at radius 3 is 2.28 bits per heavy atom. The molecule has 0 bridgehead atoms. The number of rotatable bonds is 3. The fourth-order valence-corrected chi connectivity index (χ4v) is 1.66. The van der Waals surface area contributed by atoms with Gasteiger partial charge in [-0.3, -0.25) is 0 Å². The monoisotopic (exact) mass is 262 g/mol. The molecule has 0 heterocycles. The van der Waals surface area contributed by atoms with Crippen molar-refractivity contribution in [3.63, 3.8) is 0 Å². The minimum absolute atomic E-state index is 0.287. The first-order valence-electron chi connectivity index (χ1n) is 5.46. The highest BCUT2D eigenvalue weighted by molar-refractivity contribution is 6.30. The molecule has 0 aromatic heterocycles. The summed E-state index contributed by atoms with van der Waals surface area (Å²) in [6.45, 7) is 0. The van der Waals surface area contributed by atoms with E-state index in [1.54, 1.807) is 12.1 Å². The van der Waals surface area contributed by atoms with E-state index in [9.17, 15) is 4.39 Å². The zero-order valence-electron chi connectivity index (χ0n) is 9.61. The Kier molecular flexibility index (Phi) is 3.95. The lowest BCUT2D eigenvalue weighted by Crippen LogP contribution is -2.14. The van der Waals surface area contributed by atoms with Gasteiger partial charge in [0, 0.05) is 11.4 Å². The van der Waals surface area contributed by atoms with Crippen LogP contribution in [0.25, 0.3) is 0 Å². The van der Waals surface area contributed by atoms with Crippen molar-refractivity contribution >= 4 is 23.1 Å². The van der Waals surface area contributed by atoms with Gasteiger partial charge >= 0.3 is 0 Å². The average molecular weight is 263 g/mol. The van der Waals surface area contributed by atoms with Crippen LogP contribution in [0.2, 0.25) is 5.02 Å². The first kappa shape index (κ1) is 12.6. The van der Waals surface area contributed by atoms with Crippen molar-refractivity contribution in [1.82, 2.24) is 0 Å². The molecule has 0 saturated carbocycles. The predicted molar refractivity (Wildman–Crippen MR) is 72.8 cm³/mol. The number of amidine groups is 1. The maximum absolute atomic E-state index is 12.7. The number of halogens is 2. The molecule has 0 aliphatic heterocycles. The van der Waals surface area contributed by atoms with Gasteiger partial charge in [0.15, 0.2) is 0 Å². The van der Waals surface area contributed by atoms with E-state index >= 15 is 0 Å². The van der Waals surface area contributed by atoms with Gasteiger partial charge in [-0.1, -0.05) is 23.7 Å². The molecule has 0 atom stereocenters. The molecule has 2 aromatic carbocycles. The van der Waals surface area contributed by atoms with Crippen LogP contribution in [0.3, 0.4) is 0 Å². The van der Waals surface area contributed by atoms with Crippen LogP contribution < -0.4 is 5.73 Å². The summed E-state index contributed by atoms with van der Waals surface area (Å²) in [6.07, 6.45) is 0.536. The second kappa shape index (κ2) is 5.65. The molecule has 0 aliphatic carbocycles. The Morgan fingerprint density at radius 2 is 1.67 bits per heavy atom. The molecule has 2 nitrogen and oxygen atoms in total. The highest BCUT2D eigenvalue weighted by Gasteiger charge is 1.98. The normalized spacial score (nSPS) is 11.6. The third kappa shape index (κ3) is 3.57. The van der Waals surface area contributed by atoms with E-state index in [0.29, 0.717) is 23.0 Å². The highest BCUT2D eigenvalue weighted by atomic mass is 35.5. The number of hydrogen-bond acceptors (Lipinski definition) is 1. The van der Waals surface area contributed by atoms with Gasteiger partial charge in [0.05, 0.1) is 5.69 Å². The Balaban J connectivity index is 2.09. The van der Waals surface area contributed by atoms with Crippen molar-refractivity contribution in [3.05, 3.63) is 64.9 Å². The van der Waals surface area contributed by atoms with Crippen molar-refractivity contribution in [3.8, 4) is 0 Å². The van der Waals surface area contributed by atoms with Crippen LogP contribution >= 0.6 is 11.6 Å². The molecule has 0 spiro atoms. The Morgan fingerprint density at radius 1 is 1.06 bits per heavy atom. The predicted octanol–water partition coefficient (Wildman–Crippen LogP) is 3.71. The molecule has 0 amide bonds. The molecule has 0 saturated heterocycles. The smallest absolute Gasteiger partial charge is 0.123 e. The van der Waals surface area contributed by atoms with Crippen molar-refractivity contribution in [1.29, 1.82) is 0 Å². The molecular formula is C14H12ClFN2. The lowest BCUT2D eigenvalue weighted by atomic mass is 10.1. The summed E-state index contributed by atoms with van der Waals surface area (Å²) in [5, 5.41) is 0.688. The molecule has 2 N–H and O–H groups in total. The molecule has 2 aromatic rings. The van der Waals surface area contributed by atoms with Crippen molar-refractivity contribution < 1.29 is 4.39 Å². The number of nitrogens with two attached hydrogens (primary N) is 1. The summed E-state index contributed by atoms with van der Waals surface area (Å²) in [4.78, 5) is 4.21. The number of hydrogen-bond donors (Lipinski definition) is 1. The van der Waals surface area contributed by atoms with E-state index in [1.807, 2.05) is 24.3 Å². The van der Waals surface area contributed by atoms with Crippen molar-refractivity contribution in [2.75, 3.05) is 0 Å². The largest absolute Gasteiger partial charge is 0.387 e. The second-order valence-electron chi connectivity index (χ2n) is 3.88. The first-order chi connectivity index (χ1) is 8.63. The van der Waals surface area contributed by atoms with Gasteiger partial charge < -0.3 is 5.73 Å². The Hall–Kier alpha value is -1.87. The molecule has 4 heteroatoms. The molecule has 0 unspecified atom stereocenters.